The van der Waals surface area contributed by atoms with Gasteiger partial charge in [-0.05, 0) is 196 Å². The number of benzene rings is 10. The second-order valence-electron chi connectivity index (χ2n) is 29.6. The minimum Gasteiger partial charge on any atom is -0.421 e. The molecular weight excluding hydrogens is 1630 g/mol. The number of halogens is 5. The molecule has 630 valence electrons. The van der Waals surface area contributed by atoms with Crippen molar-refractivity contribution in [3.05, 3.63) is 266 Å². The van der Waals surface area contributed by atoms with Crippen LogP contribution in [0.25, 0.3) is 134 Å². The molecule has 37 heteroatoms. The number of rotatable bonds is 16. The Labute approximate surface area is 708 Å². The van der Waals surface area contributed by atoms with Gasteiger partial charge >= 0.3 is 12.2 Å². The maximum Gasteiger partial charge on any atom is 0.507 e. The van der Waals surface area contributed by atoms with E-state index in [-0.39, 0.29) is 53.0 Å². The van der Waals surface area contributed by atoms with Gasteiger partial charge in [0.1, 0.15) is 31.1 Å². The summed E-state index contributed by atoms with van der Waals surface area (Å²) in [4.78, 5) is 67.5. The summed E-state index contributed by atoms with van der Waals surface area (Å²) in [5, 5.41) is 81.7. The van der Waals surface area contributed by atoms with E-state index in [1.54, 1.807) is 36.4 Å². The number of alkyl halides is 4. The fraction of sp³-hybridized carbons (Fsp3) is 0.146. The van der Waals surface area contributed by atoms with E-state index < -0.39 is 29.6 Å². The maximum atomic E-state index is 13.5. The highest BCUT2D eigenvalue weighted by Gasteiger charge is 2.66. The van der Waals surface area contributed by atoms with Gasteiger partial charge in [-0.1, -0.05) is 48.5 Å². The lowest BCUT2D eigenvalue weighted by molar-refractivity contribution is -0.391. The van der Waals surface area contributed by atoms with E-state index in [4.69, 9.17) is 4.74 Å². The van der Waals surface area contributed by atoms with Crippen LogP contribution in [0.2, 0.25) is 0 Å². The Balaban J connectivity index is 0.000000114. The molecule has 13 N–H and O–H groups in total. The first-order valence-electron chi connectivity index (χ1n) is 39.6. The first kappa shape index (κ1) is 80.7. The predicted octanol–water partition coefficient (Wildman–Crippen LogP) is 15.6. The molecular formula is C89H71F5N24O8. The first-order chi connectivity index (χ1) is 61.3. The molecule has 2 aliphatic heterocycles. The normalized spacial score (nSPS) is 15.1. The van der Waals surface area contributed by atoms with E-state index in [9.17, 15) is 46.2 Å². The Hall–Kier alpha value is -16.3. The fourth-order valence-corrected chi connectivity index (χ4v) is 14.8. The molecule has 10 heterocycles. The molecule has 0 bridgehead atoms. The van der Waals surface area contributed by atoms with Gasteiger partial charge in [-0.25, -0.2) is 24.3 Å². The maximum absolute atomic E-state index is 13.5. The molecule has 8 aromatic heterocycles. The number of nitrogens with zero attached hydrogens (tertiary/aromatic N) is 12. The summed E-state index contributed by atoms with van der Waals surface area (Å²) in [5.41, 5.74) is 15.8. The molecule has 1 saturated heterocycles. The standard InChI is InChI=1S/C24H14F4N6O3.C22H15FN6O.C22H22N6O2.C21H20N6O2/c25-23(26)24(27,28)37-19-10-15(5-7-18(19)36-23)31-22(35)14-3-1-2-12(8-14)20-16-9-13(21-29-11-30-34-21)4-6-17(16)32-33-20;23-16-6-1-14(2-7-16)22(30)26-17-8-3-13(4-9-17)20-18-11-15(21-24-12-25-29-21)5-10-19(18)27-28-20;29-17-7-5-16(6-8-17)25-22(30)15-3-1-2-13(10-15)20-18-11-14(21-23-12-24-28-21)4-9-19(18)26-27-20;28-21(24-16-6-8-29-9-7-16)15-3-1-2-13(10-15)19-17-11-14(20-22-12-23-27-20)4-5-18(17)25-26-19/h1-11H,(H,31,35)(H,32,33)(H,29,30,34);1-12H,(H,26,30)(H,27,28)(H,24,25,29);1-4,9-12,16-17,29H,5-8H2,(H,25,30)(H,26,27)(H,23,24,28);1-5,10-12,16H,6-9H2,(H,24,28)(H,25,26)(H,22,23,27). The largest absolute Gasteiger partial charge is 0.507 e. The van der Waals surface area contributed by atoms with Gasteiger partial charge in [0.2, 0.25) is 0 Å². The fourth-order valence-electron chi connectivity index (χ4n) is 14.8. The van der Waals surface area contributed by atoms with Crippen molar-refractivity contribution in [1.29, 1.82) is 0 Å². The number of H-pyrrole nitrogens is 8. The van der Waals surface area contributed by atoms with E-state index >= 15 is 0 Å². The molecule has 4 amide bonds. The van der Waals surface area contributed by atoms with Crippen molar-refractivity contribution >= 4 is 78.6 Å². The van der Waals surface area contributed by atoms with Crippen LogP contribution in [0.15, 0.2) is 238 Å². The van der Waals surface area contributed by atoms with E-state index in [0.717, 1.165) is 150 Å². The molecule has 0 atom stereocenters. The summed E-state index contributed by atoms with van der Waals surface area (Å²) in [5.74, 6) is 0.0286. The van der Waals surface area contributed by atoms with Crippen molar-refractivity contribution in [1.82, 2.24) is 112 Å². The third-order valence-electron chi connectivity index (χ3n) is 21.3. The minimum absolute atomic E-state index is 0.0423. The summed E-state index contributed by atoms with van der Waals surface area (Å²) in [6, 6.07) is 61.3. The number of aromatic nitrogens is 20. The number of hydrogen-bond donors (Lipinski definition) is 13. The highest BCUT2D eigenvalue weighted by molar-refractivity contribution is 6.07. The molecule has 0 radical (unpaired) electrons. The van der Waals surface area contributed by atoms with Crippen molar-refractivity contribution in [3.63, 3.8) is 0 Å². The topological polar surface area (TPSA) is 445 Å². The van der Waals surface area contributed by atoms with E-state index in [0.29, 0.717) is 70.1 Å². The number of nitrogens with one attached hydrogen (secondary N) is 12. The summed E-state index contributed by atoms with van der Waals surface area (Å²) in [6.45, 7) is 1.38. The quantitative estimate of drug-likeness (QED) is 0.0400. The van der Waals surface area contributed by atoms with Gasteiger partial charge < -0.3 is 40.6 Å². The average molecular weight is 1700 g/mol. The first-order valence-corrected chi connectivity index (χ1v) is 39.6. The van der Waals surface area contributed by atoms with E-state index in [2.05, 4.69) is 132 Å². The van der Waals surface area contributed by atoms with Gasteiger partial charge in [0.15, 0.2) is 34.8 Å². The zero-order valence-electron chi connectivity index (χ0n) is 66.0. The third kappa shape index (κ3) is 17.6. The third-order valence-corrected chi connectivity index (χ3v) is 21.3. The molecule has 18 aromatic rings. The summed E-state index contributed by atoms with van der Waals surface area (Å²) < 4.78 is 80.3. The number of aromatic amines is 8. The van der Waals surface area contributed by atoms with Crippen LogP contribution < -0.4 is 30.7 Å². The van der Waals surface area contributed by atoms with Crippen molar-refractivity contribution in [3.8, 4) is 102 Å². The second-order valence-corrected chi connectivity index (χ2v) is 29.6. The van der Waals surface area contributed by atoms with Crippen molar-refractivity contribution in [2.45, 2.75) is 68.9 Å². The Morgan fingerprint density at radius 3 is 1.11 bits per heavy atom. The molecule has 0 spiro atoms. The molecule has 3 aliphatic rings. The second kappa shape index (κ2) is 35.0. The van der Waals surface area contributed by atoms with Crippen molar-refractivity contribution < 1.29 is 60.4 Å². The summed E-state index contributed by atoms with van der Waals surface area (Å²) in [6.07, 6.45) is 0.679. The van der Waals surface area contributed by atoms with Gasteiger partial charge in [-0.2, -0.15) is 58.4 Å². The monoisotopic (exact) mass is 1700 g/mol. The average Bonchev–Trinajstić information content (AvgIpc) is 0.793. The summed E-state index contributed by atoms with van der Waals surface area (Å²) in [7, 11) is 0. The van der Waals surface area contributed by atoms with Crippen LogP contribution in [0.3, 0.4) is 0 Å². The molecule has 1 aliphatic carbocycles. The molecule has 21 rings (SSSR count). The number of carbonyl (C=O) groups excluding carboxylic acids is 4. The Morgan fingerprint density at radius 1 is 0.349 bits per heavy atom. The molecule has 0 unspecified atom stereocenters. The number of anilines is 2. The molecule has 32 nitrogen and oxygen atoms in total. The SMILES string of the molecule is O=C(NC1CCC(O)CC1)c1cccc(-c2n[nH]c3ccc(-c4ncn[nH]4)cc23)c1.O=C(NC1CCOCC1)c1cccc(-c2n[nH]c3ccc(-c4ncn[nH]4)cc23)c1.O=C(Nc1ccc(-c2n[nH]c3ccc(-c4ncn[nH]4)cc23)cc1)c1ccc(F)cc1.O=C(Nc1ccc2c(c1)OC(F)(F)C(F)(F)O2)c1cccc(-c2n[nH]c3ccc(-c4ncn[nH]4)cc23)c1. The Kier molecular flexibility index (Phi) is 22.4. The van der Waals surface area contributed by atoms with Crippen LogP contribution in [0.1, 0.15) is 80.0 Å². The number of ether oxygens (including phenoxy) is 3. The molecule has 126 heavy (non-hydrogen) atoms. The lowest BCUT2D eigenvalue weighted by Gasteiger charge is -2.31. The highest BCUT2D eigenvalue weighted by atomic mass is 19.3. The molecule has 1 saturated carbocycles. The lowest BCUT2D eigenvalue weighted by atomic mass is 9.93. The Morgan fingerprint density at radius 2 is 0.706 bits per heavy atom. The zero-order chi connectivity index (χ0) is 86.4. The lowest BCUT2D eigenvalue weighted by Crippen LogP contribution is -2.52. The smallest absolute Gasteiger partial charge is 0.421 e. The van der Waals surface area contributed by atoms with Crippen LogP contribution in [0.5, 0.6) is 11.5 Å². The number of amides is 4. The number of aliphatic hydroxyl groups excluding tert-OH is 1. The minimum atomic E-state index is -4.86. The van der Waals surface area contributed by atoms with E-state index in [1.165, 1.54) is 55.6 Å². The zero-order valence-corrected chi connectivity index (χ0v) is 66.0. The van der Waals surface area contributed by atoms with Gasteiger partial charge in [-0.3, -0.25) is 60.0 Å². The van der Waals surface area contributed by atoms with Crippen LogP contribution in [0, 0.1) is 5.82 Å². The predicted molar refractivity (Wildman–Crippen MR) is 455 cm³/mol. The van der Waals surface area contributed by atoms with Crippen LogP contribution >= 0.6 is 0 Å². The number of fused-ring (bicyclic) bond motifs is 5. The Bertz CT molecular complexity index is 6950. The van der Waals surface area contributed by atoms with E-state index in [1.807, 2.05) is 133 Å². The van der Waals surface area contributed by atoms with Gasteiger partial charge in [0, 0.05) is 131 Å². The number of carbonyl (C=O) groups is 4. The van der Waals surface area contributed by atoms with Gasteiger partial charge in [0.05, 0.1) is 50.9 Å². The van der Waals surface area contributed by atoms with Crippen molar-refractivity contribution in [2.24, 2.45) is 0 Å². The number of hydrogen-bond acceptors (Lipinski definition) is 20. The molecule has 2 fully saturated rings. The van der Waals surface area contributed by atoms with Gasteiger partial charge in [0.25, 0.3) is 23.6 Å². The summed E-state index contributed by atoms with van der Waals surface area (Å²) >= 11 is 0. The number of aliphatic hydroxyl groups is 1. The molecule has 10 aromatic carbocycles. The van der Waals surface area contributed by atoms with Crippen LogP contribution in [0.4, 0.5) is 33.3 Å². The van der Waals surface area contributed by atoms with Crippen LogP contribution in [-0.4, -0.2) is 174 Å². The van der Waals surface area contributed by atoms with Crippen LogP contribution in [-0.2, 0) is 4.74 Å². The van der Waals surface area contributed by atoms with Gasteiger partial charge in [-0.15, -0.1) is 0 Å². The van der Waals surface area contributed by atoms with Crippen molar-refractivity contribution in [2.75, 3.05) is 23.8 Å². The highest BCUT2D eigenvalue weighted by Crippen LogP contribution is 2.48.